The van der Waals surface area contributed by atoms with Crippen molar-refractivity contribution in [3.8, 4) is 0 Å². The zero-order valence-corrected chi connectivity index (χ0v) is 11.3. The maximum atomic E-state index is 11.1. The van der Waals surface area contributed by atoms with Crippen molar-refractivity contribution >= 4 is 17.1 Å². The van der Waals surface area contributed by atoms with Crippen LogP contribution in [0, 0.1) is 16.0 Å². The molecule has 5 nitrogen and oxygen atoms in total. The molecule has 0 saturated heterocycles. The van der Waals surface area contributed by atoms with Gasteiger partial charge in [0.2, 0.25) is 0 Å². The van der Waals surface area contributed by atoms with Gasteiger partial charge in [-0.2, -0.15) is 0 Å². The largest absolute Gasteiger partial charge is 0.393 e. The molecular weight excluding hydrogens is 242 g/mol. The van der Waals surface area contributed by atoms with Gasteiger partial charge < -0.3 is 11.1 Å². The number of nitrogens with zero attached hydrogens (tertiary/aromatic N) is 1. The molecule has 1 aromatic carbocycles. The summed E-state index contributed by atoms with van der Waals surface area (Å²) in [6.45, 7) is 2.20. The molecule has 0 bridgehead atoms. The summed E-state index contributed by atoms with van der Waals surface area (Å²) < 4.78 is 0. The summed E-state index contributed by atoms with van der Waals surface area (Å²) in [6.07, 6.45) is 5.79. The molecule has 0 aliphatic heterocycles. The Bertz CT molecular complexity index is 462. The van der Waals surface area contributed by atoms with Crippen molar-refractivity contribution in [3.05, 3.63) is 28.3 Å². The van der Waals surface area contributed by atoms with Crippen molar-refractivity contribution in [2.45, 2.75) is 45.1 Å². The van der Waals surface area contributed by atoms with E-state index in [-0.39, 0.29) is 11.4 Å². The number of nitrogens with two attached hydrogens (primary N) is 1. The molecule has 2 atom stereocenters. The van der Waals surface area contributed by atoms with Gasteiger partial charge in [0.05, 0.1) is 4.92 Å². The van der Waals surface area contributed by atoms with E-state index in [1.807, 2.05) is 0 Å². The molecule has 1 aromatic rings. The van der Waals surface area contributed by atoms with Crippen LogP contribution in [-0.4, -0.2) is 11.0 Å². The fraction of sp³-hybridized carbons (Fsp3) is 0.571. The van der Waals surface area contributed by atoms with Gasteiger partial charge in [-0.25, -0.2) is 0 Å². The van der Waals surface area contributed by atoms with E-state index in [1.165, 1.54) is 19.3 Å². The third-order valence-corrected chi connectivity index (χ3v) is 3.97. The van der Waals surface area contributed by atoms with E-state index in [0.717, 1.165) is 18.8 Å². The van der Waals surface area contributed by atoms with Crippen LogP contribution in [0.2, 0.25) is 0 Å². The first kappa shape index (κ1) is 13.6. The Balaban J connectivity index is 2.14. The molecule has 1 aliphatic rings. The Morgan fingerprint density at radius 2 is 2.26 bits per heavy atom. The molecular formula is C14H21N3O2. The first-order valence-corrected chi connectivity index (χ1v) is 6.91. The second-order valence-electron chi connectivity index (χ2n) is 5.28. The lowest BCUT2D eigenvalue weighted by atomic mass is 9.84. The van der Waals surface area contributed by atoms with E-state index in [2.05, 4.69) is 12.2 Å². The normalized spacial score (nSPS) is 23.0. The van der Waals surface area contributed by atoms with E-state index in [0.29, 0.717) is 11.7 Å². The van der Waals surface area contributed by atoms with Crippen LogP contribution in [-0.2, 0) is 0 Å². The van der Waals surface area contributed by atoms with E-state index < -0.39 is 4.92 Å². The summed E-state index contributed by atoms with van der Waals surface area (Å²) in [5.74, 6) is 0.728. The minimum absolute atomic E-state index is 0.00104. The monoisotopic (exact) mass is 263 g/mol. The van der Waals surface area contributed by atoms with Crippen LogP contribution in [0.15, 0.2) is 18.2 Å². The van der Waals surface area contributed by atoms with Crippen LogP contribution in [0.1, 0.15) is 39.0 Å². The molecule has 2 unspecified atom stereocenters. The van der Waals surface area contributed by atoms with E-state index >= 15 is 0 Å². The maximum Gasteiger partial charge on any atom is 0.314 e. The summed E-state index contributed by atoms with van der Waals surface area (Å²) in [5.41, 5.74) is 6.47. The summed E-state index contributed by atoms with van der Waals surface area (Å²) in [4.78, 5) is 10.7. The highest BCUT2D eigenvalue weighted by Gasteiger charge is 2.24. The van der Waals surface area contributed by atoms with E-state index in [1.54, 1.807) is 18.2 Å². The molecule has 3 N–H and O–H groups in total. The fourth-order valence-electron chi connectivity index (χ4n) is 2.89. The van der Waals surface area contributed by atoms with Gasteiger partial charge in [-0.3, -0.25) is 10.1 Å². The van der Waals surface area contributed by atoms with Crippen molar-refractivity contribution in [2.24, 2.45) is 5.92 Å². The van der Waals surface area contributed by atoms with Crippen LogP contribution in [0.4, 0.5) is 17.1 Å². The second kappa shape index (κ2) is 5.91. The van der Waals surface area contributed by atoms with Crippen molar-refractivity contribution in [1.29, 1.82) is 0 Å². The third-order valence-electron chi connectivity index (χ3n) is 3.97. The van der Waals surface area contributed by atoms with Crippen LogP contribution >= 0.6 is 0 Å². The Kier molecular flexibility index (Phi) is 4.24. The molecule has 104 valence electrons. The van der Waals surface area contributed by atoms with E-state index in [9.17, 15) is 10.1 Å². The van der Waals surface area contributed by atoms with Gasteiger partial charge >= 0.3 is 5.69 Å². The average Bonchev–Trinajstić information content (AvgIpc) is 2.38. The van der Waals surface area contributed by atoms with Gasteiger partial charge in [-0.05, 0) is 30.9 Å². The minimum atomic E-state index is -0.405. The minimum Gasteiger partial charge on any atom is -0.393 e. The lowest BCUT2D eigenvalue weighted by Crippen LogP contribution is -2.27. The standard InChI is InChI=1S/C14H21N3O2/c1-2-10-5-3-6-11(9-10)16-13-8-4-7-12(15)14(13)17(18)19/h4,7-8,10-11,16H,2-3,5-6,9,15H2,1H3. The number of hydrogen-bond donors (Lipinski definition) is 2. The number of rotatable bonds is 4. The topological polar surface area (TPSA) is 81.2 Å². The lowest BCUT2D eigenvalue weighted by Gasteiger charge is -2.29. The number of nitrogens with one attached hydrogen (secondary N) is 1. The molecule has 5 heteroatoms. The van der Waals surface area contributed by atoms with E-state index in [4.69, 9.17) is 5.73 Å². The molecule has 0 spiro atoms. The predicted molar refractivity (Wildman–Crippen MR) is 77.2 cm³/mol. The van der Waals surface area contributed by atoms with Crippen LogP contribution < -0.4 is 11.1 Å². The molecule has 19 heavy (non-hydrogen) atoms. The van der Waals surface area contributed by atoms with Gasteiger partial charge in [-0.1, -0.05) is 32.3 Å². The van der Waals surface area contributed by atoms with Gasteiger partial charge in [0.1, 0.15) is 11.4 Å². The summed E-state index contributed by atoms with van der Waals surface area (Å²) in [6, 6.07) is 5.38. The molecule has 0 heterocycles. The highest BCUT2D eigenvalue weighted by Crippen LogP contribution is 2.34. The smallest absolute Gasteiger partial charge is 0.314 e. The van der Waals surface area contributed by atoms with Crippen LogP contribution in [0.5, 0.6) is 0 Å². The number of para-hydroxylation sites is 1. The number of nitro benzene ring substituents is 1. The third kappa shape index (κ3) is 3.16. The van der Waals surface area contributed by atoms with Crippen LogP contribution in [0.25, 0.3) is 0 Å². The van der Waals surface area contributed by atoms with Crippen molar-refractivity contribution in [2.75, 3.05) is 11.1 Å². The van der Waals surface area contributed by atoms with Crippen molar-refractivity contribution < 1.29 is 4.92 Å². The fourth-order valence-corrected chi connectivity index (χ4v) is 2.89. The first-order chi connectivity index (χ1) is 9.11. The highest BCUT2D eigenvalue weighted by atomic mass is 16.6. The predicted octanol–water partition coefficient (Wildman–Crippen LogP) is 3.56. The zero-order chi connectivity index (χ0) is 13.8. The molecule has 2 rings (SSSR count). The van der Waals surface area contributed by atoms with Gasteiger partial charge in [-0.15, -0.1) is 0 Å². The van der Waals surface area contributed by atoms with Gasteiger partial charge in [0.25, 0.3) is 0 Å². The van der Waals surface area contributed by atoms with Gasteiger partial charge in [0.15, 0.2) is 0 Å². The summed E-state index contributed by atoms with van der Waals surface area (Å²) in [5, 5.41) is 14.4. The number of hydrogen-bond acceptors (Lipinski definition) is 4. The number of nitrogen functional groups attached to an aromatic ring is 1. The quantitative estimate of drug-likeness (QED) is 0.494. The average molecular weight is 263 g/mol. The number of nitro groups is 1. The second-order valence-corrected chi connectivity index (χ2v) is 5.28. The molecule has 0 aromatic heterocycles. The summed E-state index contributed by atoms with van der Waals surface area (Å²) in [7, 11) is 0. The first-order valence-electron chi connectivity index (χ1n) is 6.91. The molecule has 1 aliphatic carbocycles. The summed E-state index contributed by atoms with van der Waals surface area (Å²) >= 11 is 0. The SMILES string of the molecule is CCC1CCCC(Nc2cccc(N)c2[N+](=O)[O-])C1. The van der Waals surface area contributed by atoms with Crippen molar-refractivity contribution in [3.63, 3.8) is 0 Å². The Labute approximate surface area is 113 Å². The van der Waals surface area contributed by atoms with Crippen LogP contribution in [0.3, 0.4) is 0 Å². The number of benzene rings is 1. The Morgan fingerprint density at radius 1 is 1.47 bits per heavy atom. The maximum absolute atomic E-state index is 11.1. The zero-order valence-electron chi connectivity index (χ0n) is 11.3. The lowest BCUT2D eigenvalue weighted by molar-refractivity contribution is -0.383. The Morgan fingerprint density at radius 3 is 2.95 bits per heavy atom. The van der Waals surface area contributed by atoms with Crippen molar-refractivity contribution in [1.82, 2.24) is 0 Å². The highest BCUT2D eigenvalue weighted by molar-refractivity contribution is 5.74. The molecule has 0 radical (unpaired) electrons. The molecule has 1 fully saturated rings. The van der Waals surface area contributed by atoms with Gasteiger partial charge in [0, 0.05) is 6.04 Å². The molecule has 1 saturated carbocycles. The number of anilines is 2. The Hall–Kier alpha value is -1.78. The molecule has 0 amide bonds.